The first-order valence-corrected chi connectivity index (χ1v) is 16.8. The number of aliphatic hydroxyl groups excluding tert-OH is 1. The Morgan fingerprint density at radius 3 is 2.37 bits per heavy atom. The van der Waals surface area contributed by atoms with Crippen LogP contribution in [0.15, 0.2) is 109 Å². The molecule has 4 aliphatic heterocycles. The Hall–Kier alpha value is -4.77. The number of amides is 3. The summed E-state index contributed by atoms with van der Waals surface area (Å²) in [6.07, 6.45) is 6.69. The van der Waals surface area contributed by atoms with E-state index < -0.39 is 72.0 Å². The highest BCUT2D eigenvalue weighted by Gasteiger charge is 2.74. The van der Waals surface area contributed by atoms with Gasteiger partial charge in [0.1, 0.15) is 18.2 Å². The molecule has 0 radical (unpaired) electrons. The van der Waals surface area contributed by atoms with E-state index in [-0.39, 0.29) is 19.6 Å². The summed E-state index contributed by atoms with van der Waals surface area (Å²) >= 11 is 6.67. The van der Waals surface area contributed by atoms with Crippen LogP contribution in [-0.4, -0.2) is 71.2 Å². The molecule has 3 amide bonds. The third-order valence-electron chi connectivity index (χ3n) is 9.85. The van der Waals surface area contributed by atoms with Gasteiger partial charge >= 0.3 is 5.97 Å². The molecule has 0 saturated carbocycles. The third kappa shape index (κ3) is 5.83. The summed E-state index contributed by atoms with van der Waals surface area (Å²) in [7, 11) is 0. The zero-order chi connectivity index (χ0) is 34.1. The van der Waals surface area contributed by atoms with Crippen LogP contribution in [0.25, 0.3) is 0 Å². The molecule has 5 bridgehead atoms. The Morgan fingerprint density at radius 2 is 1.63 bits per heavy atom. The van der Waals surface area contributed by atoms with Gasteiger partial charge < -0.3 is 29.7 Å². The normalized spacial score (nSPS) is 29.8. The van der Waals surface area contributed by atoms with Crippen LogP contribution in [0.4, 0.5) is 5.69 Å². The number of allylic oxidation sites excluding steroid dienone is 1. The van der Waals surface area contributed by atoms with Crippen molar-refractivity contribution >= 4 is 41.0 Å². The molecule has 3 aromatic rings. The number of halogens is 1. The van der Waals surface area contributed by atoms with Crippen LogP contribution in [0.5, 0.6) is 0 Å². The van der Waals surface area contributed by atoms with Crippen molar-refractivity contribution in [1.29, 1.82) is 0 Å². The zero-order valence-corrected chi connectivity index (χ0v) is 27.3. The fraction of sp³-hybridized carbons (Fsp3) is 0.316. The summed E-state index contributed by atoms with van der Waals surface area (Å²) in [5.41, 5.74) is 0.266. The molecule has 3 aromatic carbocycles. The molecule has 10 nitrogen and oxygen atoms in total. The van der Waals surface area contributed by atoms with Crippen LogP contribution in [-0.2, 0) is 28.7 Å². The number of carbonyl (C=O) groups is 4. The number of nitrogens with zero attached hydrogens (tertiary/aromatic N) is 2. The average Bonchev–Trinajstić information content (AvgIpc) is 3.77. The molecule has 0 unspecified atom stereocenters. The number of carbonyl (C=O) groups excluding carboxylic acids is 4. The number of benzene rings is 3. The van der Waals surface area contributed by atoms with Gasteiger partial charge in [-0.15, -0.1) is 0 Å². The molecule has 0 aliphatic carbocycles. The number of likely N-dealkylation sites (tertiary alicyclic amines) is 1. The number of anilines is 1. The number of fused-ring (bicyclic) bond motifs is 2. The maximum atomic E-state index is 15.1. The maximum absolute atomic E-state index is 15.1. The van der Waals surface area contributed by atoms with Gasteiger partial charge in [0.2, 0.25) is 11.8 Å². The quantitative estimate of drug-likeness (QED) is 0.304. The fourth-order valence-electron chi connectivity index (χ4n) is 7.60. The maximum Gasteiger partial charge on any atom is 0.306 e. The lowest BCUT2D eigenvalue weighted by atomic mass is 9.74. The zero-order valence-electron chi connectivity index (χ0n) is 26.6. The van der Waals surface area contributed by atoms with Crippen molar-refractivity contribution in [1.82, 2.24) is 10.2 Å². The molecule has 49 heavy (non-hydrogen) atoms. The van der Waals surface area contributed by atoms with E-state index in [1.165, 1.54) is 9.80 Å². The number of hydrogen-bond donors (Lipinski definition) is 2. The summed E-state index contributed by atoms with van der Waals surface area (Å²) in [5.74, 6) is -3.95. The van der Waals surface area contributed by atoms with Crippen molar-refractivity contribution in [3.05, 3.63) is 125 Å². The van der Waals surface area contributed by atoms with E-state index in [1.54, 1.807) is 72.8 Å². The molecule has 0 aromatic heterocycles. The Balaban J connectivity index is 1.36. The molecule has 11 heteroatoms. The second kappa shape index (κ2) is 13.6. The number of esters is 1. The first-order chi connectivity index (χ1) is 23.8. The van der Waals surface area contributed by atoms with Gasteiger partial charge in [0.05, 0.1) is 47.3 Å². The lowest BCUT2D eigenvalue weighted by molar-refractivity contribution is -0.146. The highest BCUT2D eigenvalue weighted by Crippen LogP contribution is 2.57. The van der Waals surface area contributed by atoms with E-state index in [9.17, 15) is 19.5 Å². The molecule has 4 heterocycles. The number of nitrogens with one attached hydrogen (secondary N) is 1. The number of rotatable bonds is 5. The Morgan fingerprint density at radius 1 is 0.918 bits per heavy atom. The monoisotopic (exact) mass is 681 g/mol. The van der Waals surface area contributed by atoms with Crippen molar-refractivity contribution in [2.45, 2.75) is 42.7 Å². The molecule has 2 N–H and O–H groups in total. The molecular formula is C38H36ClN3O7. The second-order valence-corrected chi connectivity index (χ2v) is 13.0. The van der Waals surface area contributed by atoms with Gasteiger partial charge in [0, 0.05) is 13.0 Å². The number of ether oxygens (including phenoxy) is 2. The lowest BCUT2D eigenvalue weighted by Crippen LogP contribution is -2.57. The SMILES string of the molecule is O=C1CC/C=C\CN(c2ccccc2Cl)C(=O)[C@H]2N([C@H](CO)c3ccccc3)C(=O)[C@@H]3[C@@H](C(=O)N[C@@H](c4ccccc4)CO1)[C@H]1C=C[C@]32O1. The summed E-state index contributed by atoms with van der Waals surface area (Å²) in [6.45, 7) is -0.511. The Labute approximate surface area is 288 Å². The minimum absolute atomic E-state index is 0.0686. The minimum atomic E-state index is -1.51. The van der Waals surface area contributed by atoms with Gasteiger partial charge in [0.15, 0.2) is 0 Å². The molecule has 252 valence electrons. The topological polar surface area (TPSA) is 125 Å². The van der Waals surface area contributed by atoms with Crippen molar-refractivity contribution < 1.29 is 33.8 Å². The van der Waals surface area contributed by atoms with Crippen molar-refractivity contribution in [3.63, 3.8) is 0 Å². The summed E-state index contributed by atoms with van der Waals surface area (Å²) in [4.78, 5) is 59.9. The highest BCUT2D eigenvalue weighted by atomic mass is 35.5. The Kier molecular flexibility index (Phi) is 9.11. The summed E-state index contributed by atoms with van der Waals surface area (Å²) < 4.78 is 12.2. The van der Waals surface area contributed by atoms with Gasteiger partial charge in [-0.25, -0.2) is 0 Å². The van der Waals surface area contributed by atoms with Crippen molar-refractivity contribution in [2.24, 2.45) is 11.8 Å². The largest absolute Gasteiger partial charge is 0.463 e. The molecule has 1 spiro atoms. The highest BCUT2D eigenvalue weighted by molar-refractivity contribution is 6.34. The van der Waals surface area contributed by atoms with Crippen LogP contribution in [0.1, 0.15) is 36.1 Å². The minimum Gasteiger partial charge on any atom is -0.463 e. The third-order valence-corrected chi connectivity index (χ3v) is 10.2. The van der Waals surface area contributed by atoms with Crippen LogP contribution in [0.2, 0.25) is 5.02 Å². The lowest BCUT2D eigenvalue weighted by Gasteiger charge is -2.39. The first kappa shape index (κ1) is 32.8. The van der Waals surface area contributed by atoms with E-state index in [0.717, 1.165) is 5.56 Å². The average molecular weight is 682 g/mol. The van der Waals surface area contributed by atoms with Crippen LogP contribution >= 0.6 is 11.6 Å². The van der Waals surface area contributed by atoms with Crippen molar-refractivity contribution in [3.8, 4) is 0 Å². The molecule has 4 aliphatic rings. The van der Waals surface area contributed by atoms with E-state index in [2.05, 4.69) is 5.32 Å². The Bertz CT molecular complexity index is 1800. The fourth-order valence-corrected chi connectivity index (χ4v) is 7.84. The van der Waals surface area contributed by atoms with Gasteiger partial charge in [-0.05, 0) is 29.7 Å². The molecule has 7 atom stereocenters. The smallest absolute Gasteiger partial charge is 0.306 e. The molecular weight excluding hydrogens is 646 g/mol. The standard InChI is InChI=1S/C38H36ClN3O7/c39-26-16-9-10-17-28(26)41-21-11-3-8-18-31(44)48-23-27(24-12-4-1-5-13-24)40-35(45)32-30-19-20-38(49-30)33(32)36(46)42(34(38)37(41)47)29(22-43)25-14-6-2-7-15-25/h1-7,9-17,19-20,27,29-30,32-34,43H,8,18,21-23H2,(H,40,45)/b11-3-/t27-,29-,30-,32+,33+,34-,38+/m1/s1. The van der Waals surface area contributed by atoms with Gasteiger partial charge in [-0.3, -0.25) is 19.2 Å². The van der Waals surface area contributed by atoms with E-state index in [1.807, 2.05) is 36.4 Å². The van der Waals surface area contributed by atoms with Gasteiger partial charge in [-0.2, -0.15) is 0 Å². The van der Waals surface area contributed by atoms with E-state index in [4.69, 9.17) is 21.1 Å². The number of aliphatic hydroxyl groups is 1. The predicted molar refractivity (Wildman–Crippen MR) is 181 cm³/mol. The predicted octanol–water partition coefficient (Wildman–Crippen LogP) is 4.31. The molecule has 2 fully saturated rings. The van der Waals surface area contributed by atoms with Crippen molar-refractivity contribution in [2.75, 3.05) is 24.7 Å². The summed E-state index contributed by atoms with van der Waals surface area (Å²) in [5, 5.41) is 14.2. The van der Waals surface area contributed by atoms with E-state index in [0.29, 0.717) is 22.7 Å². The number of para-hydroxylation sites is 1. The second-order valence-electron chi connectivity index (χ2n) is 12.6. The number of cyclic esters (lactones) is 1. The number of hydrogen-bond acceptors (Lipinski definition) is 7. The van der Waals surface area contributed by atoms with Crippen LogP contribution in [0.3, 0.4) is 0 Å². The van der Waals surface area contributed by atoms with Crippen LogP contribution < -0.4 is 10.2 Å². The van der Waals surface area contributed by atoms with Crippen LogP contribution in [0, 0.1) is 11.8 Å². The van der Waals surface area contributed by atoms with Gasteiger partial charge in [0.25, 0.3) is 5.91 Å². The van der Waals surface area contributed by atoms with Gasteiger partial charge in [-0.1, -0.05) is 109 Å². The van der Waals surface area contributed by atoms with E-state index >= 15 is 4.79 Å². The molecule has 2 saturated heterocycles. The first-order valence-electron chi connectivity index (χ1n) is 16.4. The molecule has 7 rings (SSSR count). The summed E-state index contributed by atoms with van der Waals surface area (Å²) in [6, 6.07) is 22.2.